The van der Waals surface area contributed by atoms with Gasteiger partial charge in [-0.25, -0.2) is 9.59 Å². The van der Waals surface area contributed by atoms with Crippen molar-refractivity contribution >= 4 is 12.3 Å². The molecule has 1 aliphatic rings. The molecule has 1 rings (SSSR count). The van der Waals surface area contributed by atoms with Crippen LogP contribution in [-0.2, 0) is 18.9 Å². The third kappa shape index (κ3) is 3.65. The van der Waals surface area contributed by atoms with Gasteiger partial charge in [0.2, 0.25) is 0 Å². The van der Waals surface area contributed by atoms with Gasteiger partial charge in [-0.05, 0) is 13.8 Å². The number of carbonyl (C=O) groups is 2. The van der Waals surface area contributed by atoms with E-state index in [1.807, 2.05) is 0 Å². The Balaban J connectivity index is 2.33. The van der Waals surface area contributed by atoms with Crippen LogP contribution in [0.1, 0.15) is 26.7 Å². The Kier molecular flexibility index (Phi) is 3.76. The lowest BCUT2D eigenvalue weighted by Gasteiger charge is -2.15. The number of rotatable bonds is 4. The fourth-order valence-corrected chi connectivity index (χ4v) is 0.925. The Morgan fingerprint density at radius 3 is 1.67 bits per heavy atom. The first-order valence-corrected chi connectivity index (χ1v) is 4.83. The quantitative estimate of drug-likeness (QED) is 0.529. The van der Waals surface area contributed by atoms with Gasteiger partial charge >= 0.3 is 12.3 Å². The molecule has 0 aliphatic heterocycles. The second-order valence-electron chi connectivity index (χ2n) is 2.98. The SMILES string of the molecule is CCOC(=O)OC1(OC(=O)OCC)CC1. The van der Waals surface area contributed by atoms with Crippen LogP contribution in [-0.4, -0.2) is 31.3 Å². The highest BCUT2D eigenvalue weighted by Gasteiger charge is 2.52. The second kappa shape index (κ2) is 4.86. The molecule has 0 atom stereocenters. The van der Waals surface area contributed by atoms with Crippen LogP contribution in [0.3, 0.4) is 0 Å². The molecule has 0 amide bonds. The summed E-state index contributed by atoms with van der Waals surface area (Å²) in [7, 11) is 0. The maximum absolute atomic E-state index is 11.0. The molecule has 1 fully saturated rings. The lowest BCUT2D eigenvalue weighted by Crippen LogP contribution is -2.27. The predicted molar refractivity (Wildman–Crippen MR) is 48.2 cm³/mol. The summed E-state index contributed by atoms with van der Waals surface area (Å²) >= 11 is 0. The first-order valence-electron chi connectivity index (χ1n) is 4.83. The molecule has 1 aliphatic carbocycles. The molecule has 0 spiro atoms. The third-order valence-electron chi connectivity index (χ3n) is 1.72. The fourth-order valence-electron chi connectivity index (χ4n) is 0.925. The van der Waals surface area contributed by atoms with Crippen LogP contribution in [0.15, 0.2) is 0 Å². The van der Waals surface area contributed by atoms with E-state index in [0.717, 1.165) is 0 Å². The molecule has 0 N–H and O–H groups in total. The van der Waals surface area contributed by atoms with Gasteiger partial charge in [0.1, 0.15) is 0 Å². The summed E-state index contributed by atoms with van der Waals surface area (Å²) in [5.41, 5.74) is 0. The van der Waals surface area contributed by atoms with Crippen molar-refractivity contribution in [3.8, 4) is 0 Å². The molecular formula is C9H14O6. The van der Waals surface area contributed by atoms with E-state index in [0.29, 0.717) is 12.8 Å². The van der Waals surface area contributed by atoms with Gasteiger partial charge in [0.05, 0.1) is 13.2 Å². The van der Waals surface area contributed by atoms with Crippen LogP contribution in [0.2, 0.25) is 0 Å². The summed E-state index contributed by atoms with van der Waals surface area (Å²) in [6.07, 6.45) is -0.714. The van der Waals surface area contributed by atoms with Crippen LogP contribution in [0.5, 0.6) is 0 Å². The van der Waals surface area contributed by atoms with Crippen molar-refractivity contribution in [1.29, 1.82) is 0 Å². The van der Waals surface area contributed by atoms with E-state index in [-0.39, 0.29) is 13.2 Å². The summed E-state index contributed by atoms with van der Waals surface area (Å²) < 4.78 is 18.8. The Hall–Kier alpha value is -1.46. The molecule has 86 valence electrons. The van der Waals surface area contributed by atoms with Crippen molar-refractivity contribution in [2.24, 2.45) is 0 Å². The van der Waals surface area contributed by atoms with Gasteiger partial charge in [-0.1, -0.05) is 0 Å². The van der Waals surface area contributed by atoms with Gasteiger partial charge in [-0.2, -0.15) is 0 Å². The second-order valence-corrected chi connectivity index (χ2v) is 2.98. The van der Waals surface area contributed by atoms with E-state index in [9.17, 15) is 9.59 Å². The molecule has 0 unspecified atom stereocenters. The molecule has 0 radical (unpaired) electrons. The lowest BCUT2D eigenvalue weighted by molar-refractivity contribution is -0.123. The van der Waals surface area contributed by atoms with E-state index >= 15 is 0 Å². The molecule has 6 heteroatoms. The van der Waals surface area contributed by atoms with Gasteiger partial charge in [0.15, 0.2) is 0 Å². The van der Waals surface area contributed by atoms with Crippen LogP contribution in [0, 0.1) is 0 Å². The summed E-state index contributed by atoms with van der Waals surface area (Å²) in [5.74, 6) is -1.15. The van der Waals surface area contributed by atoms with Crippen LogP contribution in [0.25, 0.3) is 0 Å². The first kappa shape index (κ1) is 11.6. The van der Waals surface area contributed by atoms with E-state index in [2.05, 4.69) is 9.47 Å². The van der Waals surface area contributed by atoms with Crippen LogP contribution >= 0.6 is 0 Å². The van der Waals surface area contributed by atoms with Gasteiger partial charge in [-0.3, -0.25) is 0 Å². The average Bonchev–Trinajstić information content (AvgIpc) is 2.85. The fraction of sp³-hybridized carbons (Fsp3) is 0.778. The Labute approximate surface area is 87.4 Å². The lowest BCUT2D eigenvalue weighted by atomic mass is 10.7. The van der Waals surface area contributed by atoms with E-state index in [4.69, 9.17) is 9.47 Å². The zero-order valence-electron chi connectivity index (χ0n) is 8.78. The highest BCUT2D eigenvalue weighted by molar-refractivity contribution is 5.63. The molecule has 0 aromatic carbocycles. The van der Waals surface area contributed by atoms with Gasteiger partial charge in [0.25, 0.3) is 5.79 Å². The topological polar surface area (TPSA) is 71.1 Å². The molecule has 0 bridgehead atoms. The monoisotopic (exact) mass is 218 g/mol. The molecule has 0 aromatic heterocycles. The number of ether oxygens (including phenoxy) is 4. The largest absolute Gasteiger partial charge is 0.511 e. The zero-order valence-corrected chi connectivity index (χ0v) is 8.78. The van der Waals surface area contributed by atoms with Gasteiger partial charge < -0.3 is 18.9 Å². The smallest absolute Gasteiger partial charge is 0.434 e. The van der Waals surface area contributed by atoms with Gasteiger partial charge in [0, 0.05) is 12.8 Å². The highest BCUT2D eigenvalue weighted by atomic mass is 16.8. The molecule has 1 saturated carbocycles. The third-order valence-corrected chi connectivity index (χ3v) is 1.72. The van der Waals surface area contributed by atoms with Crippen molar-refractivity contribution in [3.63, 3.8) is 0 Å². The molecule has 15 heavy (non-hydrogen) atoms. The normalized spacial score (nSPS) is 16.4. The Morgan fingerprint density at radius 1 is 1.00 bits per heavy atom. The van der Waals surface area contributed by atoms with E-state index in [1.165, 1.54) is 0 Å². The first-order chi connectivity index (χ1) is 7.12. The number of carbonyl (C=O) groups excluding carboxylic acids is 2. The minimum absolute atomic E-state index is 0.217. The summed E-state index contributed by atoms with van der Waals surface area (Å²) in [6.45, 7) is 3.75. The average molecular weight is 218 g/mol. The summed E-state index contributed by atoms with van der Waals surface area (Å²) in [6, 6.07) is 0. The maximum Gasteiger partial charge on any atom is 0.511 e. The minimum atomic E-state index is -1.15. The summed E-state index contributed by atoms with van der Waals surface area (Å²) in [4.78, 5) is 21.9. The van der Waals surface area contributed by atoms with E-state index in [1.54, 1.807) is 13.8 Å². The Bertz CT molecular complexity index is 223. The maximum atomic E-state index is 11.0. The van der Waals surface area contributed by atoms with Gasteiger partial charge in [-0.15, -0.1) is 0 Å². The molecule has 0 aromatic rings. The van der Waals surface area contributed by atoms with Crippen LogP contribution in [0.4, 0.5) is 9.59 Å². The van der Waals surface area contributed by atoms with Crippen molar-refractivity contribution in [2.45, 2.75) is 32.5 Å². The predicted octanol–water partition coefficient (Wildman–Crippen LogP) is 1.82. The Morgan fingerprint density at radius 2 is 1.40 bits per heavy atom. The van der Waals surface area contributed by atoms with Crippen molar-refractivity contribution in [2.75, 3.05) is 13.2 Å². The minimum Gasteiger partial charge on any atom is -0.434 e. The molecule has 0 saturated heterocycles. The van der Waals surface area contributed by atoms with Crippen molar-refractivity contribution in [1.82, 2.24) is 0 Å². The van der Waals surface area contributed by atoms with Crippen LogP contribution < -0.4 is 0 Å². The van der Waals surface area contributed by atoms with E-state index < -0.39 is 18.1 Å². The molecule has 6 nitrogen and oxygen atoms in total. The number of hydrogen-bond acceptors (Lipinski definition) is 6. The summed E-state index contributed by atoms with van der Waals surface area (Å²) in [5, 5.41) is 0. The highest BCUT2D eigenvalue weighted by Crippen LogP contribution is 2.41. The van der Waals surface area contributed by atoms with Crippen molar-refractivity contribution < 1.29 is 28.5 Å². The molecular weight excluding hydrogens is 204 g/mol. The number of hydrogen-bond donors (Lipinski definition) is 0. The molecule has 0 heterocycles. The standard InChI is InChI=1S/C9H14O6/c1-3-12-7(10)14-9(5-6-9)15-8(11)13-4-2/h3-6H2,1-2H3. The van der Waals surface area contributed by atoms with Crippen molar-refractivity contribution in [3.05, 3.63) is 0 Å². The zero-order chi connectivity index (χ0) is 11.3.